The summed E-state index contributed by atoms with van der Waals surface area (Å²) in [4.78, 5) is -0.108. The minimum atomic E-state index is -4.18. The Kier molecular flexibility index (Phi) is 2.82. The van der Waals surface area contributed by atoms with Gasteiger partial charge in [-0.1, -0.05) is 13.8 Å². The van der Waals surface area contributed by atoms with Gasteiger partial charge in [-0.3, -0.25) is 4.55 Å². The lowest BCUT2D eigenvalue weighted by Crippen LogP contribution is -2.04. The molecule has 14 heavy (non-hydrogen) atoms. The molecular formula is C9H12NO3S. The van der Waals surface area contributed by atoms with Crippen LogP contribution in [0.2, 0.25) is 0 Å². The maximum absolute atomic E-state index is 11.0. The predicted octanol–water partition coefficient (Wildman–Crippen LogP) is 1.97. The van der Waals surface area contributed by atoms with E-state index in [0.29, 0.717) is 5.56 Å². The summed E-state index contributed by atoms with van der Waals surface area (Å²) in [6.45, 7) is 3.62. The quantitative estimate of drug-likeness (QED) is 0.764. The lowest BCUT2D eigenvalue weighted by Gasteiger charge is -2.10. The van der Waals surface area contributed by atoms with Gasteiger partial charge in [-0.25, -0.2) is 0 Å². The van der Waals surface area contributed by atoms with Crippen LogP contribution in [-0.2, 0) is 10.1 Å². The van der Waals surface area contributed by atoms with E-state index in [0.717, 1.165) is 0 Å². The molecule has 0 amide bonds. The van der Waals surface area contributed by atoms with Crippen molar-refractivity contribution in [3.8, 4) is 0 Å². The Labute approximate surface area is 83.5 Å². The first-order chi connectivity index (χ1) is 6.32. The van der Waals surface area contributed by atoms with Gasteiger partial charge in [0.15, 0.2) is 0 Å². The van der Waals surface area contributed by atoms with Crippen molar-refractivity contribution in [2.24, 2.45) is 0 Å². The van der Waals surface area contributed by atoms with Crippen molar-refractivity contribution < 1.29 is 13.0 Å². The van der Waals surface area contributed by atoms with E-state index in [1.165, 1.54) is 18.2 Å². The van der Waals surface area contributed by atoms with E-state index in [9.17, 15) is 8.42 Å². The van der Waals surface area contributed by atoms with Crippen molar-refractivity contribution >= 4 is 15.8 Å². The van der Waals surface area contributed by atoms with Gasteiger partial charge in [0.1, 0.15) is 0 Å². The monoisotopic (exact) mass is 214 g/mol. The van der Waals surface area contributed by atoms with Crippen LogP contribution in [0.25, 0.3) is 0 Å². The Morgan fingerprint density at radius 1 is 1.36 bits per heavy atom. The molecule has 0 aromatic heterocycles. The first-order valence-corrected chi connectivity index (χ1v) is 5.59. The van der Waals surface area contributed by atoms with Crippen molar-refractivity contribution in [2.75, 3.05) is 0 Å². The Morgan fingerprint density at radius 2 is 1.93 bits per heavy atom. The van der Waals surface area contributed by atoms with Gasteiger partial charge in [-0.15, -0.1) is 0 Å². The number of rotatable bonds is 2. The fourth-order valence-corrected chi connectivity index (χ4v) is 2.07. The Balaban J connectivity index is 3.45. The Bertz CT molecular complexity index is 437. The maximum atomic E-state index is 11.0. The summed E-state index contributed by atoms with van der Waals surface area (Å²) in [7, 11) is -4.18. The minimum Gasteiger partial charge on any atom is -0.301 e. The fraction of sp³-hybridized carbons (Fsp3) is 0.333. The van der Waals surface area contributed by atoms with Crippen LogP contribution in [0.3, 0.4) is 0 Å². The summed E-state index contributed by atoms with van der Waals surface area (Å²) in [5.74, 6) is -0.0442. The van der Waals surface area contributed by atoms with Gasteiger partial charge in [0.05, 0.1) is 10.6 Å². The van der Waals surface area contributed by atoms with Crippen LogP contribution in [0.1, 0.15) is 25.3 Å². The highest BCUT2D eigenvalue weighted by molar-refractivity contribution is 7.85. The van der Waals surface area contributed by atoms with Crippen LogP contribution in [-0.4, -0.2) is 13.0 Å². The first kappa shape index (κ1) is 11.0. The molecule has 1 aromatic carbocycles. The molecule has 77 valence electrons. The van der Waals surface area contributed by atoms with Crippen molar-refractivity contribution in [2.45, 2.75) is 24.7 Å². The van der Waals surface area contributed by atoms with Crippen LogP contribution in [0.5, 0.6) is 0 Å². The number of hydrogen-bond donors (Lipinski definition) is 1. The minimum absolute atomic E-state index is 0.0442. The molecule has 0 unspecified atom stereocenters. The SMILES string of the molecule is CC(C)c1cc([NH])ccc1S(=O)(=O)O. The summed E-state index contributed by atoms with van der Waals surface area (Å²) < 4.78 is 30.8. The van der Waals surface area contributed by atoms with E-state index in [1.54, 1.807) is 0 Å². The molecule has 0 spiro atoms. The van der Waals surface area contributed by atoms with E-state index in [2.05, 4.69) is 0 Å². The second-order valence-corrected chi connectivity index (χ2v) is 4.77. The van der Waals surface area contributed by atoms with Gasteiger partial charge in [-0.2, -0.15) is 8.42 Å². The van der Waals surface area contributed by atoms with Gasteiger partial charge in [-0.05, 0) is 29.7 Å². The highest BCUT2D eigenvalue weighted by Gasteiger charge is 2.17. The van der Waals surface area contributed by atoms with E-state index in [1.807, 2.05) is 13.8 Å². The fourth-order valence-electron chi connectivity index (χ4n) is 1.23. The third kappa shape index (κ3) is 2.24. The molecule has 0 saturated heterocycles. The molecule has 0 saturated carbocycles. The second kappa shape index (κ2) is 3.59. The van der Waals surface area contributed by atoms with Gasteiger partial charge in [0.2, 0.25) is 0 Å². The lowest BCUT2D eigenvalue weighted by atomic mass is 10.0. The van der Waals surface area contributed by atoms with Crippen LogP contribution in [0.15, 0.2) is 23.1 Å². The standard InChI is InChI=1S/C9H12NO3S/c1-6(2)8-5-7(10)3-4-9(8)14(11,12)13/h3-6,10H,1-2H3,(H,11,12,13). The van der Waals surface area contributed by atoms with E-state index in [4.69, 9.17) is 10.3 Å². The Morgan fingerprint density at radius 3 is 2.36 bits per heavy atom. The zero-order valence-electron chi connectivity index (χ0n) is 7.98. The zero-order chi connectivity index (χ0) is 10.9. The molecular weight excluding hydrogens is 202 g/mol. The van der Waals surface area contributed by atoms with Gasteiger partial charge in [0, 0.05) is 0 Å². The Hall–Kier alpha value is -1.07. The lowest BCUT2D eigenvalue weighted by molar-refractivity contribution is 0.481. The van der Waals surface area contributed by atoms with Gasteiger partial charge >= 0.3 is 0 Å². The molecule has 1 aromatic rings. The molecule has 0 aliphatic rings. The average Bonchev–Trinajstić information content (AvgIpc) is 2.01. The third-order valence-corrected chi connectivity index (χ3v) is 2.84. The van der Waals surface area contributed by atoms with Crippen molar-refractivity contribution in [1.82, 2.24) is 5.73 Å². The van der Waals surface area contributed by atoms with Gasteiger partial charge in [0.25, 0.3) is 10.1 Å². The summed E-state index contributed by atoms with van der Waals surface area (Å²) >= 11 is 0. The normalized spacial score (nSPS) is 12.0. The van der Waals surface area contributed by atoms with Crippen molar-refractivity contribution in [1.29, 1.82) is 0 Å². The smallest absolute Gasteiger partial charge is 0.294 e. The summed E-state index contributed by atoms with van der Waals surface area (Å²) in [5, 5.41) is 0. The molecule has 5 heteroatoms. The maximum Gasteiger partial charge on any atom is 0.294 e. The molecule has 0 heterocycles. The van der Waals surface area contributed by atoms with E-state index >= 15 is 0 Å². The van der Waals surface area contributed by atoms with Crippen LogP contribution < -0.4 is 5.73 Å². The molecule has 0 aliphatic heterocycles. The topological polar surface area (TPSA) is 78.2 Å². The molecule has 1 radical (unpaired) electrons. The number of hydrogen-bond acceptors (Lipinski definition) is 2. The van der Waals surface area contributed by atoms with E-state index in [-0.39, 0.29) is 16.5 Å². The van der Waals surface area contributed by atoms with E-state index < -0.39 is 10.1 Å². The highest BCUT2D eigenvalue weighted by atomic mass is 32.2. The molecule has 1 rings (SSSR count). The van der Waals surface area contributed by atoms with Crippen LogP contribution in [0, 0.1) is 0 Å². The summed E-state index contributed by atoms with van der Waals surface area (Å²) in [6.07, 6.45) is 0. The number of nitrogens with one attached hydrogen (secondary N) is 1. The molecule has 0 fully saturated rings. The first-order valence-electron chi connectivity index (χ1n) is 4.15. The largest absolute Gasteiger partial charge is 0.301 e. The zero-order valence-corrected chi connectivity index (χ0v) is 8.80. The number of benzene rings is 1. The molecule has 0 bridgehead atoms. The molecule has 2 N–H and O–H groups in total. The van der Waals surface area contributed by atoms with Crippen molar-refractivity contribution in [3.63, 3.8) is 0 Å². The predicted molar refractivity (Wildman–Crippen MR) is 53.1 cm³/mol. The van der Waals surface area contributed by atoms with Crippen molar-refractivity contribution in [3.05, 3.63) is 23.8 Å². The molecule has 4 nitrogen and oxygen atoms in total. The highest BCUT2D eigenvalue weighted by Crippen LogP contribution is 2.25. The third-order valence-electron chi connectivity index (χ3n) is 1.91. The summed E-state index contributed by atoms with van der Waals surface area (Å²) in [6, 6.07) is 4.05. The van der Waals surface area contributed by atoms with Gasteiger partial charge < -0.3 is 5.73 Å². The average molecular weight is 214 g/mol. The molecule has 0 aliphatic carbocycles. The van der Waals surface area contributed by atoms with Crippen LogP contribution >= 0.6 is 0 Å². The van der Waals surface area contributed by atoms with Crippen LogP contribution in [0.4, 0.5) is 5.69 Å². The molecule has 0 atom stereocenters. The second-order valence-electron chi connectivity index (χ2n) is 3.38. The summed E-state index contributed by atoms with van der Waals surface area (Å²) in [5.41, 5.74) is 8.06.